The summed E-state index contributed by atoms with van der Waals surface area (Å²) in [7, 11) is 2.31. The van der Waals surface area contributed by atoms with Gasteiger partial charge in [0.05, 0.1) is 76.7 Å². The highest BCUT2D eigenvalue weighted by Crippen LogP contribution is 2.42. The van der Waals surface area contributed by atoms with Crippen LogP contribution in [0.4, 0.5) is 4.79 Å². The Labute approximate surface area is 550 Å². The number of benzene rings is 5. The molecule has 4 aliphatic rings. The summed E-state index contributed by atoms with van der Waals surface area (Å²) in [5.74, 6) is -3.51. The van der Waals surface area contributed by atoms with Gasteiger partial charge in [0.15, 0.2) is 43.3 Å². The third-order valence-electron chi connectivity index (χ3n) is 16.8. The lowest BCUT2D eigenvalue weighted by molar-refractivity contribution is -0.367. The van der Waals surface area contributed by atoms with E-state index in [-0.39, 0.29) is 45.0 Å². The maximum absolute atomic E-state index is 14.6. The molecule has 8 unspecified atom stereocenters. The fourth-order valence-corrected chi connectivity index (χ4v) is 12.0. The summed E-state index contributed by atoms with van der Waals surface area (Å²) in [4.78, 5) is 62.9. The van der Waals surface area contributed by atoms with Gasteiger partial charge in [-0.25, -0.2) is 19.2 Å². The van der Waals surface area contributed by atoms with Gasteiger partial charge in [0, 0.05) is 9.82 Å². The van der Waals surface area contributed by atoms with Crippen molar-refractivity contribution < 1.29 is 95.0 Å². The summed E-state index contributed by atoms with van der Waals surface area (Å²) >= 11 is 0. The molecular weight excluding hydrogens is 1230 g/mol. The largest absolute Gasteiger partial charge is 0.509 e. The van der Waals surface area contributed by atoms with E-state index in [0.29, 0.717) is 12.0 Å². The van der Waals surface area contributed by atoms with Crippen LogP contribution in [0.1, 0.15) is 73.1 Å². The van der Waals surface area contributed by atoms with Crippen LogP contribution < -0.4 is 0 Å². The molecule has 20 atom stereocenters. The van der Waals surface area contributed by atoms with E-state index in [0.717, 1.165) is 23.8 Å². The predicted molar refractivity (Wildman–Crippen MR) is 337 cm³/mol. The van der Waals surface area contributed by atoms with E-state index in [1.807, 2.05) is 104 Å². The van der Waals surface area contributed by atoms with Gasteiger partial charge < -0.3 is 75.8 Å². The van der Waals surface area contributed by atoms with Crippen LogP contribution in [-0.2, 0) is 112 Å². The van der Waals surface area contributed by atoms with Gasteiger partial charge in [0.2, 0.25) is 0 Å². The highest BCUT2D eigenvalue weighted by atomic mass is 16.8. The first-order chi connectivity index (χ1) is 46.3. The zero-order valence-corrected chi connectivity index (χ0v) is 53.6. The molecule has 5 aromatic rings. The Bertz CT molecular complexity index is 3340. The van der Waals surface area contributed by atoms with Gasteiger partial charge in [-0.15, -0.1) is 0 Å². The van der Waals surface area contributed by atoms with Crippen molar-refractivity contribution in [1.29, 1.82) is 0 Å². The Morgan fingerprint density at radius 3 is 1.36 bits per heavy atom. The van der Waals surface area contributed by atoms with Gasteiger partial charge in [-0.2, -0.15) is 0 Å². The third kappa shape index (κ3) is 18.2. The van der Waals surface area contributed by atoms with E-state index < -0.39 is 146 Å². The maximum Gasteiger partial charge on any atom is 0.509 e. The highest BCUT2D eigenvalue weighted by Gasteiger charge is 2.60. The molecule has 506 valence electrons. The zero-order chi connectivity index (χ0) is 67.2. The van der Waals surface area contributed by atoms with Crippen molar-refractivity contribution in [1.82, 2.24) is 0 Å². The first kappa shape index (κ1) is 71.0. The molecule has 0 spiro atoms. The number of nitrogens with zero attached hydrogens (tertiary/aromatic N) is 6. The SMILES string of the molecule is C=CCOC(=O)OC1[C@H](O[C@H]2C(CC)O[C@@H](O[C@H]3C(C(=O)OC)O[C@@H](C)C(OC(=O)c4ccccc4)[C@@H]3OCc3ccccc3)[C@H](N=[N+]=[N-])C2C)OC(C(=O)OC)[C@H](O[C@@H]2OC(CC)[C@H](OCc3ccccc3)[C@H](OCc3ccccc3)C2N=[N+]=[N-])[C@@H]1OCc1ccccc1. The van der Waals surface area contributed by atoms with Crippen LogP contribution in [-0.4, -0.2) is 161 Å². The first-order valence-corrected chi connectivity index (χ1v) is 31.5. The summed E-state index contributed by atoms with van der Waals surface area (Å²) < 4.78 is 103. The minimum Gasteiger partial charge on any atom is -0.467 e. The quantitative estimate of drug-likeness (QED) is 0.0107. The summed E-state index contributed by atoms with van der Waals surface area (Å²) in [6, 6.07) is 42.6. The van der Waals surface area contributed by atoms with Crippen LogP contribution >= 0.6 is 0 Å². The van der Waals surface area contributed by atoms with Crippen LogP contribution in [0.2, 0.25) is 0 Å². The number of hydrogen-bond donors (Lipinski definition) is 0. The number of carbonyl (C=O) groups excluding carboxylic acids is 4. The lowest BCUT2D eigenvalue weighted by atomic mass is 9.87. The number of carbonyl (C=O) groups is 4. The van der Waals surface area contributed by atoms with E-state index >= 15 is 0 Å². The molecular formula is C69H80N6O20. The van der Waals surface area contributed by atoms with Crippen molar-refractivity contribution in [2.75, 3.05) is 20.8 Å². The van der Waals surface area contributed by atoms with Crippen LogP contribution in [0.25, 0.3) is 20.9 Å². The van der Waals surface area contributed by atoms with E-state index in [4.69, 9.17) is 75.8 Å². The molecule has 0 radical (unpaired) electrons. The van der Waals surface area contributed by atoms with Crippen molar-refractivity contribution in [3.05, 3.63) is 213 Å². The number of hydrogen-bond acceptors (Lipinski definition) is 22. The number of methoxy groups -OCH3 is 2. The Morgan fingerprint density at radius 1 is 0.484 bits per heavy atom. The smallest absolute Gasteiger partial charge is 0.467 e. The van der Waals surface area contributed by atoms with Crippen molar-refractivity contribution in [3.8, 4) is 0 Å². The Balaban J connectivity index is 1.07. The zero-order valence-electron chi connectivity index (χ0n) is 53.6. The summed E-state index contributed by atoms with van der Waals surface area (Å²) in [6.45, 7) is 10.3. The molecule has 4 saturated heterocycles. The molecule has 26 heteroatoms. The second-order valence-electron chi connectivity index (χ2n) is 22.9. The van der Waals surface area contributed by atoms with Crippen molar-refractivity contribution in [3.63, 3.8) is 0 Å². The highest BCUT2D eigenvalue weighted by molar-refractivity contribution is 5.89. The topological polar surface area (TPSA) is 313 Å². The molecule has 0 amide bonds. The summed E-state index contributed by atoms with van der Waals surface area (Å²) in [5.41, 5.74) is 24.0. The number of ether oxygens (including phenoxy) is 16. The lowest BCUT2D eigenvalue weighted by Crippen LogP contribution is -2.67. The van der Waals surface area contributed by atoms with Crippen LogP contribution in [0.15, 0.2) is 175 Å². The maximum atomic E-state index is 14.6. The Morgan fingerprint density at radius 2 is 0.895 bits per heavy atom. The minimum absolute atomic E-state index is 0.0452. The van der Waals surface area contributed by atoms with E-state index in [9.17, 15) is 30.2 Å². The Hall–Kier alpha value is -8.30. The minimum atomic E-state index is -1.81. The van der Waals surface area contributed by atoms with Crippen LogP contribution in [0, 0.1) is 5.92 Å². The average Bonchev–Trinajstić information content (AvgIpc) is 0.778. The molecule has 4 heterocycles. The fraction of sp³-hybridized carbons (Fsp3) is 0.478. The molecule has 0 saturated carbocycles. The summed E-state index contributed by atoms with van der Waals surface area (Å²) in [6.07, 6.45) is -22.5. The molecule has 4 aliphatic heterocycles. The molecule has 9 rings (SSSR count). The molecule has 95 heavy (non-hydrogen) atoms. The fourth-order valence-electron chi connectivity index (χ4n) is 12.0. The monoisotopic (exact) mass is 1310 g/mol. The van der Waals surface area contributed by atoms with Crippen LogP contribution in [0.5, 0.6) is 0 Å². The lowest BCUT2D eigenvalue weighted by Gasteiger charge is -2.51. The predicted octanol–water partition coefficient (Wildman–Crippen LogP) is 10.5. The Kier molecular flexibility index (Phi) is 26.5. The number of esters is 3. The molecule has 4 fully saturated rings. The molecule has 0 N–H and O–H groups in total. The van der Waals surface area contributed by atoms with Gasteiger partial charge in [-0.3, -0.25) is 0 Å². The molecule has 5 aromatic carbocycles. The standard InChI is InChI=1S/C69H80N6O20/c1-8-36-82-69(79)95-62-57(86-40-46-32-22-14-23-33-46)59(93-67-51(73-75-71)55(84-38-44-28-18-12-19-29-44)54(49(10-3)89-67)83-37-43-26-16-11-17-27-43)61(65(78)81-7)94-68(62)91-52-41(4)50(72-74-70)66(88-48(52)9-2)92-58-56(85-39-45-30-20-13-21-31-45)53(42(5)87-60(58)64(77)80-6)90-63(76)47-34-24-15-25-35-47/h8,11-35,41-42,48-62,66-68H,1,9-10,36-40H2,2-7H3/t41?,42-,48?,49?,50+,51?,52+,53?,54-,55+,56-,57-,58+,59+,60?,61?,62?,66-,67-,68+/m0/s1. The van der Waals surface area contributed by atoms with Crippen molar-refractivity contribution in [2.45, 2.75) is 183 Å². The van der Waals surface area contributed by atoms with Gasteiger partial charge in [-0.1, -0.05) is 183 Å². The normalized spacial score (nSPS) is 30.4. The third-order valence-corrected chi connectivity index (χ3v) is 16.8. The average molecular weight is 1310 g/mol. The molecule has 26 nitrogen and oxygen atoms in total. The van der Waals surface area contributed by atoms with Crippen LogP contribution in [0.3, 0.4) is 0 Å². The second-order valence-corrected chi connectivity index (χ2v) is 22.9. The number of rotatable bonds is 29. The first-order valence-electron chi connectivity index (χ1n) is 31.5. The summed E-state index contributed by atoms with van der Waals surface area (Å²) in [5, 5.41) is 8.43. The molecule has 0 aliphatic carbocycles. The van der Waals surface area contributed by atoms with Gasteiger partial charge in [-0.05, 0) is 71.1 Å². The van der Waals surface area contributed by atoms with Gasteiger partial charge in [0.1, 0.15) is 49.3 Å². The van der Waals surface area contributed by atoms with Crippen molar-refractivity contribution in [2.24, 2.45) is 16.1 Å². The van der Waals surface area contributed by atoms with Gasteiger partial charge in [0.25, 0.3) is 0 Å². The molecule has 0 bridgehead atoms. The van der Waals surface area contributed by atoms with E-state index in [1.54, 1.807) is 75.4 Å². The number of azide groups is 2. The van der Waals surface area contributed by atoms with Crippen molar-refractivity contribution >= 4 is 24.1 Å². The van der Waals surface area contributed by atoms with E-state index in [1.165, 1.54) is 13.2 Å². The van der Waals surface area contributed by atoms with Gasteiger partial charge >= 0.3 is 24.1 Å². The molecule has 0 aromatic heterocycles. The van der Waals surface area contributed by atoms with E-state index in [2.05, 4.69) is 26.6 Å². The second kappa shape index (κ2) is 35.4.